The average molecular weight is 490 g/mol. The van der Waals surface area contributed by atoms with Crippen molar-refractivity contribution >= 4 is 40.2 Å². The van der Waals surface area contributed by atoms with Crippen LogP contribution >= 0.6 is 11.3 Å². The van der Waals surface area contributed by atoms with Crippen LogP contribution < -0.4 is 10.2 Å². The van der Waals surface area contributed by atoms with Crippen LogP contribution in [0.3, 0.4) is 0 Å². The van der Waals surface area contributed by atoms with Crippen molar-refractivity contribution in [2.24, 2.45) is 0 Å². The summed E-state index contributed by atoms with van der Waals surface area (Å²) in [5.41, 5.74) is 1.33. The number of hydrogen-bond acceptors (Lipinski definition) is 9. The molecule has 0 bridgehead atoms. The Bertz CT molecular complexity index is 1420. The Labute approximate surface area is 206 Å². The van der Waals surface area contributed by atoms with E-state index >= 15 is 0 Å². The Morgan fingerprint density at radius 2 is 2.11 bits per heavy atom. The van der Waals surface area contributed by atoms with Crippen LogP contribution in [-0.2, 0) is 11.2 Å². The Morgan fingerprint density at radius 3 is 2.94 bits per heavy atom. The first-order valence-electron chi connectivity index (χ1n) is 12.4. The van der Waals surface area contributed by atoms with Gasteiger partial charge in [-0.05, 0) is 57.6 Å². The number of carbonyl (C=O) groups is 1. The topological polar surface area (TPSA) is 117 Å². The highest BCUT2D eigenvalue weighted by Crippen LogP contribution is 2.42. The Morgan fingerprint density at radius 1 is 1.26 bits per heavy atom. The molecule has 0 spiro atoms. The van der Waals surface area contributed by atoms with Gasteiger partial charge in [0, 0.05) is 36.3 Å². The lowest BCUT2D eigenvalue weighted by Gasteiger charge is -2.33. The van der Waals surface area contributed by atoms with Crippen LogP contribution in [0.4, 0.5) is 17.6 Å². The molecule has 1 atom stereocenters. The van der Waals surface area contributed by atoms with Crippen molar-refractivity contribution in [1.82, 2.24) is 35.0 Å². The summed E-state index contributed by atoms with van der Waals surface area (Å²) in [5, 5.41) is 26.2. The molecule has 0 aromatic carbocycles. The summed E-state index contributed by atoms with van der Waals surface area (Å²) in [7, 11) is 0. The summed E-state index contributed by atoms with van der Waals surface area (Å²) in [6, 6.07) is 5.97. The van der Waals surface area contributed by atoms with Gasteiger partial charge in [-0.25, -0.2) is 4.52 Å². The van der Waals surface area contributed by atoms with Gasteiger partial charge in [-0.3, -0.25) is 9.89 Å². The molecule has 3 fully saturated rings. The number of anilines is 3. The predicted molar refractivity (Wildman–Crippen MR) is 132 cm³/mol. The lowest BCUT2D eigenvalue weighted by molar-refractivity contribution is -0.122. The number of Topliss-reactive ketones (excluding diaryl/α,β-unsaturated/α-hetero) is 1. The van der Waals surface area contributed by atoms with Crippen molar-refractivity contribution < 1.29 is 4.79 Å². The molecule has 4 aromatic rings. The van der Waals surface area contributed by atoms with Gasteiger partial charge in [0.1, 0.15) is 15.5 Å². The van der Waals surface area contributed by atoms with Crippen LogP contribution in [0.1, 0.15) is 73.0 Å². The Balaban J connectivity index is 1.17. The van der Waals surface area contributed by atoms with Gasteiger partial charge in [-0.15, -0.1) is 26.6 Å². The molecule has 1 aliphatic heterocycles. The minimum Gasteiger partial charge on any atom is -0.327 e. The fourth-order valence-electron chi connectivity index (χ4n) is 4.99. The van der Waals surface area contributed by atoms with Crippen molar-refractivity contribution in [1.29, 1.82) is 0 Å². The van der Waals surface area contributed by atoms with E-state index < -0.39 is 5.54 Å². The molecule has 1 saturated heterocycles. The van der Waals surface area contributed by atoms with E-state index in [0.717, 1.165) is 46.4 Å². The van der Waals surface area contributed by atoms with E-state index in [1.54, 1.807) is 11.3 Å². The van der Waals surface area contributed by atoms with Crippen LogP contribution in [0.15, 0.2) is 24.4 Å². The zero-order valence-corrected chi connectivity index (χ0v) is 20.4. The number of nitrogens with zero attached hydrogens (tertiary/aromatic N) is 7. The first-order chi connectivity index (χ1) is 17.1. The summed E-state index contributed by atoms with van der Waals surface area (Å²) < 4.78 is 1.81. The lowest BCUT2D eigenvalue weighted by Crippen LogP contribution is -2.49. The molecule has 2 aliphatic carbocycles. The van der Waals surface area contributed by atoms with E-state index in [9.17, 15) is 4.79 Å². The molecule has 4 aromatic heterocycles. The van der Waals surface area contributed by atoms with Crippen molar-refractivity contribution in [2.45, 2.75) is 69.2 Å². The molecule has 7 rings (SSSR count). The third-order valence-corrected chi connectivity index (χ3v) is 8.53. The van der Waals surface area contributed by atoms with Crippen LogP contribution in [-0.4, -0.2) is 52.9 Å². The highest BCUT2D eigenvalue weighted by Gasteiger charge is 2.45. The van der Waals surface area contributed by atoms with Crippen LogP contribution in [0, 0.1) is 0 Å². The zero-order valence-electron chi connectivity index (χ0n) is 19.6. The average Bonchev–Trinajstić information content (AvgIpc) is 3.66. The number of fused-ring (bicyclic) bond motifs is 1. The van der Waals surface area contributed by atoms with E-state index in [1.807, 2.05) is 29.8 Å². The fourth-order valence-corrected chi connectivity index (χ4v) is 6.00. The molecule has 10 nitrogen and oxygen atoms in total. The molecule has 2 saturated carbocycles. The summed E-state index contributed by atoms with van der Waals surface area (Å²) in [4.78, 5) is 20.5. The molecule has 35 heavy (non-hydrogen) atoms. The second-order valence-electron chi connectivity index (χ2n) is 10.1. The minimum absolute atomic E-state index is 0.139. The molecule has 3 aliphatic rings. The monoisotopic (exact) mass is 489 g/mol. The van der Waals surface area contributed by atoms with Crippen LogP contribution in [0.25, 0.3) is 5.52 Å². The fraction of sp³-hybridized carbons (Fsp3) is 0.500. The summed E-state index contributed by atoms with van der Waals surface area (Å²) >= 11 is 1.58. The van der Waals surface area contributed by atoms with Crippen LogP contribution in [0.5, 0.6) is 0 Å². The molecule has 5 heterocycles. The number of rotatable bonds is 8. The minimum atomic E-state index is -0.686. The number of nitrogens with one attached hydrogen (secondary N) is 2. The molecular weight excluding hydrogens is 462 g/mol. The van der Waals surface area contributed by atoms with Crippen molar-refractivity contribution in [3.05, 3.63) is 40.1 Å². The SMILES string of the molecule is C[C@@]1(C(=O)Cc2nnc(C3CC3)s2)CCCN1c1nc(Nc2cc(C3CC3)[nH]n2)c2cccn2n1. The first kappa shape index (κ1) is 21.0. The van der Waals surface area contributed by atoms with E-state index in [1.165, 1.54) is 25.7 Å². The zero-order chi connectivity index (χ0) is 23.6. The number of ketones is 1. The smallest absolute Gasteiger partial charge is 0.246 e. The number of hydrogen-bond donors (Lipinski definition) is 2. The maximum absolute atomic E-state index is 13.6. The summed E-state index contributed by atoms with van der Waals surface area (Å²) in [6.45, 7) is 2.74. The largest absolute Gasteiger partial charge is 0.327 e. The maximum Gasteiger partial charge on any atom is 0.246 e. The summed E-state index contributed by atoms with van der Waals surface area (Å²) in [6.07, 6.45) is 8.66. The second kappa shape index (κ2) is 7.84. The number of aromatic amines is 1. The van der Waals surface area contributed by atoms with Gasteiger partial charge >= 0.3 is 0 Å². The van der Waals surface area contributed by atoms with Gasteiger partial charge < -0.3 is 10.2 Å². The summed E-state index contributed by atoms with van der Waals surface area (Å²) in [5.74, 6) is 3.24. The molecule has 0 radical (unpaired) electrons. The van der Waals surface area contributed by atoms with Crippen molar-refractivity contribution in [2.75, 3.05) is 16.8 Å². The van der Waals surface area contributed by atoms with E-state index in [-0.39, 0.29) is 5.78 Å². The molecular formula is C24H27N9OS. The van der Waals surface area contributed by atoms with Crippen molar-refractivity contribution in [3.63, 3.8) is 0 Å². The lowest BCUT2D eigenvalue weighted by atomic mass is 9.91. The van der Waals surface area contributed by atoms with E-state index in [4.69, 9.17) is 10.1 Å². The molecule has 11 heteroatoms. The second-order valence-corrected chi connectivity index (χ2v) is 11.2. The van der Waals surface area contributed by atoms with Gasteiger partial charge in [0.2, 0.25) is 5.95 Å². The molecule has 0 amide bonds. The van der Waals surface area contributed by atoms with Gasteiger partial charge in [0.05, 0.1) is 12.0 Å². The van der Waals surface area contributed by atoms with Gasteiger partial charge in [-0.2, -0.15) is 10.1 Å². The first-order valence-corrected chi connectivity index (χ1v) is 13.2. The maximum atomic E-state index is 13.6. The van der Waals surface area contributed by atoms with E-state index in [0.29, 0.717) is 30.0 Å². The number of H-pyrrole nitrogens is 1. The quantitative estimate of drug-likeness (QED) is 0.382. The highest BCUT2D eigenvalue weighted by atomic mass is 32.1. The molecule has 0 unspecified atom stereocenters. The van der Waals surface area contributed by atoms with Crippen LogP contribution in [0.2, 0.25) is 0 Å². The third-order valence-electron chi connectivity index (χ3n) is 7.45. The van der Waals surface area contributed by atoms with E-state index in [2.05, 4.69) is 36.7 Å². The highest BCUT2D eigenvalue weighted by molar-refractivity contribution is 7.11. The molecule has 2 N–H and O–H groups in total. The molecule has 180 valence electrons. The normalized spacial score (nSPS) is 22.3. The Hall–Kier alpha value is -3.34. The number of carbonyl (C=O) groups excluding carboxylic acids is 1. The van der Waals surface area contributed by atoms with Gasteiger partial charge in [0.15, 0.2) is 17.4 Å². The van der Waals surface area contributed by atoms with Crippen molar-refractivity contribution in [3.8, 4) is 0 Å². The Kier molecular flexibility index (Phi) is 4.70. The predicted octanol–water partition coefficient (Wildman–Crippen LogP) is 3.97. The standard InChI is InChI=1S/C24H27N9OS/c1-24(18(34)13-20-29-30-22(35-20)15-7-8-15)9-3-10-32(24)23-26-21(17-4-2-11-33(17)31-23)25-19-12-16(27-28-19)14-5-6-14/h2,4,11-12,14-15H,3,5-10,13H2,1H3,(H2,25,26,27,28,31)/t24-/m0/s1. The van der Waals surface area contributed by atoms with Gasteiger partial charge in [-0.1, -0.05) is 0 Å². The van der Waals surface area contributed by atoms with Gasteiger partial charge in [0.25, 0.3) is 0 Å². The third kappa shape index (κ3) is 3.78. The number of aromatic nitrogens is 7.